The minimum absolute atomic E-state index is 0.0507. The van der Waals surface area contributed by atoms with E-state index in [0.29, 0.717) is 5.69 Å². The Labute approximate surface area is 126 Å². The Hall–Kier alpha value is -1.68. The predicted octanol–water partition coefficient (Wildman–Crippen LogP) is 6.03. The van der Waals surface area contributed by atoms with Gasteiger partial charge in [0.2, 0.25) is 0 Å². The summed E-state index contributed by atoms with van der Waals surface area (Å²) in [4.78, 5) is 0. The fourth-order valence-corrected chi connectivity index (χ4v) is 2.58. The quantitative estimate of drug-likeness (QED) is 0.714. The van der Waals surface area contributed by atoms with Crippen LogP contribution in [0.5, 0.6) is 0 Å². The highest BCUT2D eigenvalue weighted by Gasteiger charge is 2.31. The van der Waals surface area contributed by atoms with Crippen LogP contribution in [0, 0.1) is 20.8 Å². The molecule has 0 aliphatic heterocycles. The van der Waals surface area contributed by atoms with Gasteiger partial charge in [-0.05, 0) is 50.1 Å². The van der Waals surface area contributed by atoms with Crippen molar-refractivity contribution in [1.29, 1.82) is 0 Å². The summed E-state index contributed by atoms with van der Waals surface area (Å²) in [5.74, 6) is 0. The first-order valence-electron chi connectivity index (χ1n) is 6.39. The molecular formula is C16H15ClF3N. The molecule has 0 spiro atoms. The first kappa shape index (κ1) is 15.7. The van der Waals surface area contributed by atoms with Gasteiger partial charge in [0.15, 0.2) is 0 Å². The smallest absolute Gasteiger partial charge is 0.355 e. The molecule has 112 valence electrons. The molecule has 0 atom stereocenters. The van der Waals surface area contributed by atoms with E-state index in [9.17, 15) is 13.2 Å². The second-order valence-electron chi connectivity index (χ2n) is 5.13. The number of anilines is 2. The molecule has 21 heavy (non-hydrogen) atoms. The van der Waals surface area contributed by atoms with Gasteiger partial charge >= 0.3 is 6.18 Å². The van der Waals surface area contributed by atoms with Crippen molar-refractivity contribution in [3.63, 3.8) is 0 Å². The Morgan fingerprint density at radius 3 is 2.00 bits per heavy atom. The van der Waals surface area contributed by atoms with E-state index in [4.69, 9.17) is 11.6 Å². The average molecular weight is 314 g/mol. The van der Waals surface area contributed by atoms with Crippen molar-refractivity contribution in [2.45, 2.75) is 26.9 Å². The van der Waals surface area contributed by atoms with Crippen LogP contribution in [0.15, 0.2) is 30.3 Å². The summed E-state index contributed by atoms with van der Waals surface area (Å²) in [5.41, 5.74) is 3.42. The van der Waals surface area contributed by atoms with Crippen molar-refractivity contribution in [3.05, 3.63) is 57.6 Å². The van der Waals surface area contributed by atoms with Crippen LogP contribution in [0.4, 0.5) is 24.5 Å². The molecule has 1 nitrogen and oxygen atoms in total. The summed E-state index contributed by atoms with van der Waals surface area (Å²) >= 11 is 5.79. The number of benzene rings is 2. The molecule has 0 aliphatic carbocycles. The summed E-state index contributed by atoms with van der Waals surface area (Å²) in [7, 11) is 0. The first-order valence-corrected chi connectivity index (χ1v) is 6.77. The van der Waals surface area contributed by atoms with Crippen LogP contribution in [-0.4, -0.2) is 0 Å². The van der Waals surface area contributed by atoms with Crippen LogP contribution in [0.1, 0.15) is 22.3 Å². The van der Waals surface area contributed by atoms with Gasteiger partial charge in [-0.1, -0.05) is 29.3 Å². The molecule has 0 aliphatic rings. The Balaban J connectivity index is 2.43. The van der Waals surface area contributed by atoms with Gasteiger partial charge in [0, 0.05) is 16.4 Å². The van der Waals surface area contributed by atoms with Crippen LogP contribution in [0.3, 0.4) is 0 Å². The van der Waals surface area contributed by atoms with Crippen molar-refractivity contribution in [1.82, 2.24) is 0 Å². The molecular weight excluding hydrogens is 299 g/mol. The van der Waals surface area contributed by atoms with E-state index in [2.05, 4.69) is 5.32 Å². The maximum atomic E-state index is 12.8. The Morgan fingerprint density at radius 1 is 0.905 bits per heavy atom. The van der Waals surface area contributed by atoms with Gasteiger partial charge < -0.3 is 5.32 Å². The summed E-state index contributed by atoms with van der Waals surface area (Å²) in [6.45, 7) is 5.81. The molecule has 0 bridgehead atoms. The molecule has 0 unspecified atom stereocenters. The van der Waals surface area contributed by atoms with Gasteiger partial charge in [-0.15, -0.1) is 0 Å². The largest absolute Gasteiger partial charge is 0.416 e. The molecule has 2 aromatic carbocycles. The molecule has 0 radical (unpaired) electrons. The molecule has 0 saturated carbocycles. The number of hydrogen-bond donors (Lipinski definition) is 1. The zero-order valence-electron chi connectivity index (χ0n) is 11.9. The van der Waals surface area contributed by atoms with Crippen LogP contribution in [0.2, 0.25) is 5.02 Å². The summed E-state index contributed by atoms with van der Waals surface area (Å²) in [6, 6.07) is 7.41. The lowest BCUT2D eigenvalue weighted by Gasteiger charge is -2.16. The molecule has 0 heterocycles. The highest BCUT2D eigenvalue weighted by Crippen LogP contribution is 2.35. The maximum absolute atomic E-state index is 12.8. The predicted molar refractivity (Wildman–Crippen MR) is 80.4 cm³/mol. The summed E-state index contributed by atoms with van der Waals surface area (Å²) < 4.78 is 38.4. The van der Waals surface area contributed by atoms with E-state index in [1.807, 2.05) is 32.9 Å². The van der Waals surface area contributed by atoms with E-state index >= 15 is 0 Å². The van der Waals surface area contributed by atoms with Gasteiger partial charge in [0.05, 0.1) is 5.56 Å². The molecule has 2 aromatic rings. The lowest BCUT2D eigenvalue weighted by Crippen LogP contribution is -2.06. The number of nitrogens with one attached hydrogen (secondary N) is 1. The number of rotatable bonds is 2. The number of halogens is 4. The third-order valence-corrected chi connectivity index (χ3v) is 3.39. The van der Waals surface area contributed by atoms with Gasteiger partial charge in [-0.2, -0.15) is 13.2 Å². The Bertz CT molecular complexity index is 655. The van der Waals surface area contributed by atoms with E-state index in [1.54, 1.807) is 0 Å². The first-order chi connectivity index (χ1) is 9.66. The topological polar surface area (TPSA) is 12.0 Å². The highest BCUT2D eigenvalue weighted by atomic mass is 35.5. The monoisotopic (exact) mass is 313 g/mol. The Morgan fingerprint density at radius 2 is 1.48 bits per heavy atom. The van der Waals surface area contributed by atoms with Crippen molar-refractivity contribution in [2.75, 3.05) is 5.32 Å². The molecule has 1 N–H and O–H groups in total. The lowest BCUT2D eigenvalue weighted by atomic mass is 10.0. The molecule has 0 saturated heterocycles. The van der Waals surface area contributed by atoms with Crippen molar-refractivity contribution < 1.29 is 13.2 Å². The van der Waals surface area contributed by atoms with Gasteiger partial charge in [0.25, 0.3) is 0 Å². The SMILES string of the molecule is Cc1cc(C)c(Nc2cc(Cl)cc(C(F)(F)F)c2)c(C)c1. The second-order valence-corrected chi connectivity index (χ2v) is 5.56. The number of aryl methyl sites for hydroxylation is 3. The van der Waals surface area contributed by atoms with Crippen molar-refractivity contribution >= 4 is 23.0 Å². The number of alkyl halides is 3. The van der Waals surface area contributed by atoms with Crippen LogP contribution >= 0.6 is 11.6 Å². The second kappa shape index (κ2) is 5.60. The molecule has 5 heteroatoms. The highest BCUT2D eigenvalue weighted by molar-refractivity contribution is 6.31. The van der Waals surface area contributed by atoms with Crippen molar-refractivity contribution in [3.8, 4) is 0 Å². The zero-order chi connectivity index (χ0) is 15.8. The van der Waals surface area contributed by atoms with E-state index < -0.39 is 11.7 Å². The van der Waals surface area contributed by atoms with E-state index in [0.717, 1.165) is 34.5 Å². The molecule has 0 fully saturated rings. The van der Waals surface area contributed by atoms with Gasteiger partial charge in [-0.3, -0.25) is 0 Å². The van der Waals surface area contributed by atoms with Crippen LogP contribution in [0.25, 0.3) is 0 Å². The van der Waals surface area contributed by atoms with Crippen LogP contribution < -0.4 is 5.32 Å². The summed E-state index contributed by atoms with van der Waals surface area (Å²) in [6.07, 6.45) is -4.42. The van der Waals surface area contributed by atoms with Crippen LogP contribution in [-0.2, 0) is 6.18 Å². The van der Waals surface area contributed by atoms with E-state index in [1.165, 1.54) is 6.07 Å². The lowest BCUT2D eigenvalue weighted by molar-refractivity contribution is -0.137. The third-order valence-electron chi connectivity index (χ3n) is 3.17. The zero-order valence-corrected chi connectivity index (χ0v) is 12.7. The fourth-order valence-electron chi connectivity index (χ4n) is 2.35. The average Bonchev–Trinajstić information content (AvgIpc) is 2.32. The van der Waals surface area contributed by atoms with Crippen molar-refractivity contribution in [2.24, 2.45) is 0 Å². The third kappa shape index (κ3) is 3.70. The van der Waals surface area contributed by atoms with E-state index in [-0.39, 0.29) is 5.02 Å². The van der Waals surface area contributed by atoms with Gasteiger partial charge in [-0.25, -0.2) is 0 Å². The normalized spacial score (nSPS) is 11.6. The Kier molecular flexibility index (Phi) is 4.19. The molecule has 0 amide bonds. The van der Waals surface area contributed by atoms with Gasteiger partial charge in [0.1, 0.15) is 0 Å². The minimum atomic E-state index is -4.42. The molecule has 2 rings (SSSR count). The molecule has 0 aromatic heterocycles. The maximum Gasteiger partial charge on any atom is 0.416 e. The fraction of sp³-hybridized carbons (Fsp3) is 0.250. The minimum Gasteiger partial charge on any atom is -0.355 e. The standard InChI is InChI=1S/C16H15ClF3N/c1-9-4-10(2)15(11(3)5-9)21-14-7-12(16(18,19)20)6-13(17)8-14/h4-8,21H,1-3H3. The number of hydrogen-bond acceptors (Lipinski definition) is 1. The summed E-state index contributed by atoms with van der Waals surface area (Å²) in [5, 5.41) is 3.09.